The Kier molecular flexibility index (Phi) is 6.22. The topological polar surface area (TPSA) is 41.9 Å². The van der Waals surface area contributed by atoms with E-state index in [1.165, 1.54) is 0 Å². The summed E-state index contributed by atoms with van der Waals surface area (Å²) >= 11 is 7.64. The van der Waals surface area contributed by atoms with Crippen LogP contribution in [0.1, 0.15) is 17.5 Å². The lowest BCUT2D eigenvalue weighted by Crippen LogP contribution is -2.41. The number of amidine groups is 1. The van der Waals surface area contributed by atoms with Crippen molar-refractivity contribution in [2.24, 2.45) is 4.99 Å². The summed E-state index contributed by atoms with van der Waals surface area (Å²) in [6.07, 6.45) is 0.948. The SMILES string of the molecule is Cc1cc(OCC(=O)N2CCCSC2=Nc2ccccc2C)ccc1Cl. The van der Waals surface area contributed by atoms with Crippen LogP contribution in [0, 0.1) is 13.8 Å². The summed E-state index contributed by atoms with van der Waals surface area (Å²) in [5.41, 5.74) is 2.90. The van der Waals surface area contributed by atoms with Gasteiger partial charge in [-0.25, -0.2) is 4.99 Å². The van der Waals surface area contributed by atoms with Gasteiger partial charge in [0.2, 0.25) is 0 Å². The molecule has 1 heterocycles. The standard InChI is InChI=1S/C20H21ClN2O2S/c1-14-6-3-4-7-18(14)22-20-23(10-5-11-26-20)19(24)13-25-16-8-9-17(21)15(2)12-16/h3-4,6-9,12H,5,10-11,13H2,1-2H3. The van der Waals surface area contributed by atoms with Crippen molar-refractivity contribution in [3.8, 4) is 5.75 Å². The van der Waals surface area contributed by atoms with Gasteiger partial charge in [-0.05, 0) is 55.7 Å². The van der Waals surface area contributed by atoms with Gasteiger partial charge in [-0.1, -0.05) is 41.6 Å². The maximum absolute atomic E-state index is 12.7. The largest absolute Gasteiger partial charge is 0.484 e. The number of nitrogens with zero attached hydrogens (tertiary/aromatic N) is 2. The lowest BCUT2D eigenvalue weighted by molar-refractivity contribution is -0.129. The molecule has 0 radical (unpaired) electrons. The zero-order valence-electron chi connectivity index (χ0n) is 14.9. The van der Waals surface area contributed by atoms with Crippen LogP contribution >= 0.6 is 23.4 Å². The molecular formula is C20H21ClN2O2S. The molecule has 1 amide bonds. The smallest absolute Gasteiger partial charge is 0.266 e. The summed E-state index contributed by atoms with van der Waals surface area (Å²) in [4.78, 5) is 19.1. The van der Waals surface area contributed by atoms with Crippen molar-refractivity contribution >= 4 is 40.1 Å². The van der Waals surface area contributed by atoms with Crippen LogP contribution < -0.4 is 4.74 Å². The Hall–Kier alpha value is -1.98. The van der Waals surface area contributed by atoms with Crippen molar-refractivity contribution in [2.75, 3.05) is 18.9 Å². The third kappa shape index (κ3) is 4.59. The number of hydrogen-bond donors (Lipinski definition) is 0. The zero-order chi connectivity index (χ0) is 18.5. The van der Waals surface area contributed by atoms with Gasteiger partial charge in [-0.2, -0.15) is 0 Å². The number of rotatable bonds is 4. The minimum Gasteiger partial charge on any atom is -0.484 e. The third-order valence-corrected chi connectivity index (χ3v) is 5.60. The van der Waals surface area contributed by atoms with Crippen LogP contribution in [0.25, 0.3) is 0 Å². The molecule has 1 saturated heterocycles. The molecule has 0 aliphatic carbocycles. The van der Waals surface area contributed by atoms with Gasteiger partial charge in [0.05, 0.1) is 5.69 Å². The lowest BCUT2D eigenvalue weighted by Gasteiger charge is -2.27. The highest BCUT2D eigenvalue weighted by molar-refractivity contribution is 8.13. The molecule has 0 N–H and O–H groups in total. The maximum atomic E-state index is 12.7. The maximum Gasteiger partial charge on any atom is 0.266 e. The lowest BCUT2D eigenvalue weighted by atomic mass is 10.2. The van der Waals surface area contributed by atoms with Gasteiger partial charge in [-0.15, -0.1) is 0 Å². The summed E-state index contributed by atoms with van der Waals surface area (Å²) in [5.74, 6) is 1.52. The Balaban J connectivity index is 1.71. The first kappa shape index (κ1) is 18.8. The van der Waals surface area contributed by atoms with Gasteiger partial charge < -0.3 is 4.74 Å². The van der Waals surface area contributed by atoms with E-state index in [0.29, 0.717) is 17.3 Å². The quantitative estimate of drug-likeness (QED) is 0.741. The summed E-state index contributed by atoms with van der Waals surface area (Å²) in [6.45, 7) is 4.57. The van der Waals surface area contributed by atoms with Gasteiger partial charge in [0.25, 0.3) is 5.91 Å². The van der Waals surface area contributed by atoms with E-state index >= 15 is 0 Å². The van der Waals surface area contributed by atoms with E-state index in [0.717, 1.165) is 34.2 Å². The molecule has 3 rings (SSSR count). The molecule has 0 bridgehead atoms. The molecule has 0 atom stereocenters. The van der Waals surface area contributed by atoms with Gasteiger partial charge >= 0.3 is 0 Å². The Labute approximate surface area is 163 Å². The number of para-hydroxylation sites is 1. The first-order chi connectivity index (χ1) is 12.5. The van der Waals surface area contributed by atoms with E-state index in [-0.39, 0.29) is 12.5 Å². The molecule has 26 heavy (non-hydrogen) atoms. The number of hydrogen-bond acceptors (Lipinski definition) is 4. The highest BCUT2D eigenvalue weighted by Crippen LogP contribution is 2.25. The number of benzene rings is 2. The van der Waals surface area contributed by atoms with Crippen LogP contribution in [-0.4, -0.2) is 34.9 Å². The predicted octanol–water partition coefficient (Wildman–Crippen LogP) is 4.99. The fourth-order valence-electron chi connectivity index (χ4n) is 2.61. The van der Waals surface area contributed by atoms with E-state index < -0.39 is 0 Å². The molecule has 4 nitrogen and oxygen atoms in total. The molecule has 6 heteroatoms. The normalized spacial score (nSPS) is 16.0. The van der Waals surface area contributed by atoms with Crippen molar-refractivity contribution < 1.29 is 9.53 Å². The van der Waals surface area contributed by atoms with Gasteiger partial charge in [0.1, 0.15) is 5.75 Å². The molecule has 2 aromatic carbocycles. The molecule has 136 valence electrons. The van der Waals surface area contributed by atoms with Gasteiger partial charge in [-0.3, -0.25) is 9.69 Å². The fraction of sp³-hybridized carbons (Fsp3) is 0.300. The summed E-state index contributed by atoms with van der Waals surface area (Å²) in [6, 6.07) is 13.3. The molecular weight excluding hydrogens is 368 g/mol. The fourth-order valence-corrected chi connectivity index (χ4v) is 3.69. The Bertz CT molecular complexity index is 838. The minimum absolute atomic E-state index is 0.0194. The Morgan fingerprint density at radius 2 is 2.04 bits per heavy atom. The van der Waals surface area contributed by atoms with Crippen LogP contribution in [-0.2, 0) is 4.79 Å². The number of amides is 1. The number of carbonyl (C=O) groups excluding carboxylic acids is 1. The second-order valence-electron chi connectivity index (χ2n) is 6.13. The first-order valence-corrected chi connectivity index (χ1v) is 9.87. The van der Waals surface area contributed by atoms with Crippen molar-refractivity contribution in [3.05, 3.63) is 58.6 Å². The summed E-state index contributed by atoms with van der Waals surface area (Å²) in [5, 5.41) is 1.43. The van der Waals surface area contributed by atoms with E-state index in [1.54, 1.807) is 28.8 Å². The second kappa shape index (κ2) is 8.60. The molecule has 0 aromatic heterocycles. The van der Waals surface area contributed by atoms with Crippen molar-refractivity contribution in [2.45, 2.75) is 20.3 Å². The predicted molar refractivity (Wildman–Crippen MR) is 109 cm³/mol. The molecule has 1 fully saturated rings. The van der Waals surface area contributed by atoms with Crippen LogP contribution in [0.15, 0.2) is 47.5 Å². The third-order valence-electron chi connectivity index (χ3n) is 4.11. The van der Waals surface area contributed by atoms with E-state index in [9.17, 15) is 4.79 Å². The highest BCUT2D eigenvalue weighted by atomic mass is 35.5. The average Bonchev–Trinajstić information content (AvgIpc) is 2.65. The number of aliphatic imine (C=N–C) groups is 1. The van der Waals surface area contributed by atoms with Crippen LogP contribution in [0.5, 0.6) is 5.75 Å². The van der Waals surface area contributed by atoms with Crippen LogP contribution in [0.2, 0.25) is 5.02 Å². The minimum atomic E-state index is -0.0860. The molecule has 1 aliphatic heterocycles. The number of aryl methyl sites for hydroxylation is 2. The summed E-state index contributed by atoms with van der Waals surface area (Å²) < 4.78 is 5.67. The Morgan fingerprint density at radius 3 is 2.81 bits per heavy atom. The number of halogens is 1. The van der Waals surface area contributed by atoms with Crippen LogP contribution in [0.3, 0.4) is 0 Å². The second-order valence-corrected chi connectivity index (χ2v) is 7.60. The van der Waals surface area contributed by atoms with E-state index in [4.69, 9.17) is 21.3 Å². The molecule has 0 spiro atoms. The number of thioether (sulfide) groups is 1. The van der Waals surface area contributed by atoms with E-state index in [1.807, 2.05) is 44.2 Å². The van der Waals surface area contributed by atoms with E-state index in [2.05, 4.69) is 0 Å². The Morgan fingerprint density at radius 1 is 1.23 bits per heavy atom. The first-order valence-electron chi connectivity index (χ1n) is 8.51. The molecule has 2 aromatic rings. The molecule has 0 saturated carbocycles. The zero-order valence-corrected chi connectivity index (χ0v) is 16.4. The van der Waals surface area contributed by atoms with Gasteiger partial charge in [0.15, 0.2) is 11.8 Å². The summed E-state index contributed by atoms with van der Waals surface area (Å²) in [7, 11) is 0. The average molecular weight is 389 g/mol. The van der Waals surface area contributed by atoms with Gasteiger partial charge in [0, 0.05) is 17.3 Å². The monoisotopic (exact) mass is 388 g/mol. The van der Waals surface area contributed by atoms with Crippen molar-refractivity contribution in [1.29, 1.82) is 0 Å². The molecule has 1 aliphatic rings. The van der Waals surface area contributed by atoms with Crippen molar-refractivity contribution in [1.82, 2.24) is 4.90 Å². The molecule has 0 unspecified atom stereocenters. The number of carbonyl (C=O) groups is 1. The van der Waals surface area contributed by atoms with Crippen LogP contribution in [0.4, 0.5) is 5.69 Å². The van der Waals surface area contributed by atoms with Crippen molar-refractivity contribution in [3.63, 3.8) is 0 Å². The highest BCUT2D eigenvalue weighted by Gasteiger charge is 2.24. The number of ether oxygens (including phenoxy) is 1.